The van der Waals surface area contributed by atoms with Crippen molar-refractivity contribution < 1.29 is 18.4 Å². The van der Waals surface area contributed by atoms with Crippen molar-refractivity contribution in [3.63, 3.8) is 0 Å². The van der Waals surface area contributed by atoms with Gasteiger partial charge in [0, 0.05) is 19.2 Å². The second-order valence-electron chi connectivity index (χ2n) is 4.84. The Hall–Kier alpha value is -2.37. The highest BCUT2D eigenvalue weighted by Crippen LogP contribution is 2.15. The third-order valence-electron chi connectivity index (χ3n) is 2.91. The number of likely N-dealkylation sites (N-methyl/N-ethyl adjacent to an activating group) is 1. The van der Waals surface area contributed by atoms with Crippen LogP contribution in [-0.4, -0.2) is 29.1 Å². The lowest BCUT2D eigenvalue weighted by molar-refractivity contribution is -0.137. The average Bonchev–Trinajstić information content (AvgIpc) is 2.83. The molecule has 0 aliphatic carbocycles. The van der Waals surface area contributed by atoms with E-state index < -0.39 is 11.9 Å². The van der Waals surface area contributed by atoms with E-state index in [-0.39, 0.29) is 5.91 Å². The van der Waals surface area contributed by atoms with Crippen LogP contribution in [0, 0.1) is 12.7 Å². The van der Waals surface area contributed by atoms with Gasteiger partial charge in [-0.2, -0.15) is 0 Å². The molecular weight excluding hydrogens is 275 g/mol. The molecule has 1 atom stereocenters. The molecule has 0 aliphatic rings. The fourth-order valence-electron chi connectivity index (χ4n) is 1.92. The van der Waals surface area contributed by atoms with Gasteiger partial charge < -0.3 is 14.2 Å². The molecular formula is C15H17FN2O3. The van der Waals surface area contributed by atoms with Crippen LogP contribution < -0.4 is 4.74 Å². The molecule has 1 heterocycles. The highest BCUT2D eigenvalue weighted by atomic mass is 19.1. The third kappa shape index (κ3) is 4.05. The van der Waals surface area contributed by atoms with Crippen LogP contribution in [0.15, 0.2) is 34.9 Å². The number of benzene rings is 1. The number of carbonyl (C=O) groups is 1. The normalized spacial score (nSPS) is 12.0. The van der Waals surface area contributed by atoms with Crippen LogP contribution in [0.4, 0.5) is 4.39 Å². The van der Waals surface area contributed by atoms with Gasteiger partial charge in [-0.05, 0) is 26.0 Å². The summed E-state index contributed by atoms with van der Waals surface area (Å²) in [4.78, 5) is 13.7. The predicted molar refractivity (Wildman–Crippen MR) is 74.2 cm³/mol. The van der Waals surface area contributed by atoms with Gasteiger partial charge in [0.15, 0.2) is 6.10 Å². The van der Waals surface area contributed by atoms with Gasteiger partial charge >= 0.3 is 0 Å². The Bertz CT molecular complexity index is 627. The molecule has 1 aromatic carbocycles. The number of aryl methyl sites for hydroxylation is 1. The van der Waals surface area contributed by atoms with E-state index >= 15 is 0 Å². The first-order chi connectivity index (χ1) is 9.95. The van der Waals surface area contributed by atoms with E-state index in [1.54, 1.807) is 33.0 Å². The van der Waals surface area contributed by atoms with Crippen LogP contribution in [0.2, 0.25) is 0 Å². The van der Waals surface area contributed by atoms with Crippen molar-refractivity contribution in [1.29, 1.82) is 0 Å². The molecule has 21 heavy (non-hydrogen) atoms. The molecule has 6 heteroatoms. The number of amides is 1. The fraction of sp³-hybridized carbons (Fsp3) is 0.333. The summed E-state index contributed by atoms with van der Waals surface area (Å²) in [6, 6.07) is 7.46. The first kappa shape index (κ1) is 15.0. The third-order valence-corrected chi connectivity index (χ3v) is 2.91. The number of aromatic nitrogens is 1. The van der Waals surface area contributed by atoms with Crippen LogP contribution in [0.5, 0.6) is 5.75 Å². The van der Waals surface area contributed by atoms with Crippen molar-refractivity contribution in [2.75, 3.05) is 7.05 Å². The number of nitrogens with zero attached hydrogens (tertiary/aromatic N) is 2. The van der Waals surface area contributed by atoms with Crippen molar-refractivity contribution in [2.24, 2.45) is 0 Å². The molecule has 1 unspecified atom stereocenters. The Balaban J connectivity index is 1.95. The van der Waals surface area contributed by atoms with E-state index in [2.05, 4.69) is 5.16 Å². The summed E-state index contributed by atoms with van der Waals surface area (Å²) < 4.78 is 23.5. The number of ether oxygens (including phenoxy) is 1. The maximum atomic E-state index is 13.1. The van der Waals surface area contributed by atoms with Crippen LogP contribution in [0.1, 0.15) is 18.4 Å². The molecule has 0 N–H and O–H groups in total. The standard InChI is InChI=1S/C15H17FN2O3/c1-10-7-13(17-21-10)9-18(3)15(19)11(2)20-14-6-4-5-12(16)8-14/h4-8,11H,9H2,1-3H3. The fourth-order valence-corrected chi connectivity index (χ4v) is 1.92. The summed E-state index contributed by atoms with van der Waals surface area (Å²) in [5, 5.41) is 3.83. The molecule has 0 bridgehead atoms. The van der Waals surface area contributed by atoms with Crippen LogP contribution in [0.25, 0.3) is 0 Å². The second-order valence-corrected chi connectivity index (χ2v) is 4.84. The van der Waals surface area contributed by atoms with Gasteiger partial charge in [0.05, 0.1) is 6.54 Å². The highest BCUT2D eigenvalue weighted by molar-refractivity contribution is 5.80. The lowest BCUT2D eigenvalue weighted by Crippen LogP contribution is -2.37. The number of rotatable bonds is 5. The molecule has 1 aromatic heterocycles. The maximum Gasteiger partial charge on any atom is 0.263 e. The van der Waals surface area contributed by atoms with Gasteiger partial charge in [-0.3, -0.25) is 4.79 Å². The first-order valence-corrected chi connectivity index (χ1v) is 6.55. The van der Waals surface area contributed by atoms with Gasteiger partial charge in [0.2, 0.25) is 0 Å². The lowest BCUT2D eigenvalue weighted by atomic mass is 10.3. The SMILES string of the molecule is Cc1cc(CN(C)C(=O)C(C)Oc2cccc(F)c2)no1. The second kappa shape index (κ2) is 6.39. The molecule has 1 amide bonds. The van der Waals surface area contributed by atoms with Crippen LogP contribution >= 0.6 is 0 Å². The number of halogens is 1. The Morgan fingerprint density at radius 2 is 2.24 bits per heavy atom. The van der Waals surface area contributed by atoms with Gasteiger partial charge in [-0.1, -0.05) is 11.2 Å². The summed E-state index contributed by atoms with van der Waals surface area (Å²) in [6.07, 6.45) is -0.718. The minimum absolute atomic E-state index is 0.222. The minimum Gasteiger partial charge on any atom is -0.481 e. The van der Waals surface area contributed by atoms with Gasteiger partial charge in [0.1, 0.15) is 23.0 Å². The predicted octanol–water partition coefficient (Wildman–Crippen LogP) is 2.55. The molecule has 0 aliphatic heterocycles. The van der Waals surface area contributed by atoms with Crippen molar-refractivity contribution >= 4 is 5.91 Å². The van der Waals surface area contributed by atoms with E-state index in [1.807, 2.05) is 0 Å². The van der Waals surface area contributed by atoms with E-state index in [9.17, 15) is 9.18 Å². The van der Waals surface area contributed by atoms with Gasteiger partial charge in [-0.25, -0.2) is 4.39 Å². The molecule has 0 fully saturated rings. The smallest absolute Gasteiger partial charge is 0.263 e. The van der Waals surface area contributed by atoms with E-state index in [0.29, 0.717) is 23.7 Å². The Morgan fingerprint density at radius 3 is 2.86 bits per heavy atom. The van der Waals surface area contributed by atoms with Gasteiger partial charge in [-0.15, -0.1) is 0 Å². The van der Waals surface area contributed by atoms with Crippen LogP contribution in [0.3, 0.4) is 0 Å². The molecule has 0 radical (unpaired) electrons. The monoisotopic (exact) mass is 292 g/mol. The molecule has 0 spiro atoms. The maximum absolute atomic E-state index is 13.1. The number of hydrogen-bond donors (Lipinski definition) is 0. The summed E-state index contributed by atoms with van der Waals surface area (Å²) in [7, 11) is 1.65. The lowest BCUT2D eigenvalue weighted by Gasteiger charge is -2.21. The molecule has 2 aromatic rings. The molecule has 5 nitrogen and oxygen atoms in total. The zero-order valence-corrected chi connectivity index (χ0v) is 12.2. The Labute approximate surface area is 122 Å². The summed E-state index contributed by atoms with van der Waals surface area (Å²) in [5.74, 6) is 0.384. The quantitative estimate of drug-likeness (QED) is 0.850. The Morgan fingerprint density at radius 1 is 1.48 bits per heavy atom. The topological polar surface area (TPSA) is 55.6 Å². The zero-order valence-electron chi connectivity index (χ0n) is 12.2. The summed E-state index contributed by atoms with van der Waals surface area (Å²) >= 11 is 0. The largest absolute Gasteiger partial charge is 0.481 e. The highest BCUT2D eigenvalue weighted by Gasteiger charge is 2.20. The minimum atomic E-state index is -0.718. The molecule has 112 valence electrons. The number of hydrogen-bond acceptors (Lipinski definition) is 4. The average molecular weight is 292 g/mol. The molecule has 2 rings (SSSR count). The van der Waals surface area contributed by atoms with Crippen molar-refractivity contribution in [2.45, 2.75) is 26.5 Å². The molecule has 0 saturated carbocycles. The van der Waals surface area contributed by atoms with Crippen molar-refractivity contribution in [3.05, 3.63) is 47.6 Å². The first-order valence-electron chi connectivity index (χ1n) is 6.55. The Kier molecular flexibility index (Phi) is 4.57. The molecule has 0 saturated heterocycles. The van der Waals surface area contributed by atoms with Crippen molar-refractivity contribution in [3.8, 4) is 5.75 Å². The van der Waals surface area contributed by atoms with Crippen LogP contribution in [-0.2, 0) is 11.3 Å². The van der Waals surface area contributed by atoms with E-state index in [1.165, 1.54) is 23.1 Å². The summed E-state index contributed by atoms with van der Waals surface area (Å²) in [5.41, 5.74) is 0.668. The number of carbonyl (C=O) groups excluding carboxylic acids is 1. The summed E-state index contributed by atoms with van der Waals surface area (Å²) in [6.45, 7) is 3.73. The van der Waals surface area contributed by atoms with Crippen molar-refractivity contribution in [1.82, 2.24) is 10.1 Å². The van der Waals surface area contributed by atoms with E-state index in [4.69, 9.17) is 9.26 Å². The van der Waals surface area contributed by atoms with Gasteiger partial charge in [0.25, 0.3) is 5.91 Å². The zero-order chi connectivity index (χ0) is 15.4. The van der Waals surface area contributed by atoms with E-state index in [0.717, 1.165) is 0 Å².